The number of hydrogen-bond acceptors (Lipinski definition) is 5. The minimum atomic E-state index is -6.18. The minimum Gasteiger partial charge on any atom is -0.203 e. The Morgan fingerprint density at radius 2 is 0.686 bits per heavy atom. The molecule has 3 aromatic rings. The van der Waals surface area contributed by atoms with E-state index in [4.69, 9.17) is 5.26 Å². The first kappa shape index (κ1) is 37.4. The quantitative estimate of drug-likeness (QED) is 0.116. The molecule has 4 rings (SSSR count). The summed E-state index contributed by atoms with van der Waals surface area (Å²) in [6.45, 7) is 0. The fraction of sp³-hybridized carbons (Fsp3) is 0.0690. The Bertz CT molecular complexity index is 2210. The predicted molar refractivity (Wildman–Crippen MR) is 129 cm³/mol. The maximum Gasteiger partial charge on any atom is 0.422 e. The summed E-state index contributed by atoms with van der Waals surface area (Å²) in [5, 5.41) is 38.2. The molecule has 0 radical (unpaired) electrons. The van der Waals surface area contributed by atoms with Gasteiger partial charge in [-0.2, -0.15) is 51.8 Å². The van der Waals surface area contributed by atoms with Crippen LogP contribution in [0.1, 0.15) is 33.5 Å². The summed E-state index contributed by atoms with van der Waals surface area (Å²) in [7, 11) is 0. The largest absolute Gasteiger partial charge is 0.422 e. The van der Waals surface area contributed by atoms with Gasteiger partial charge < -0.3 is 0 Å². The molecule has 0 bridgehead atoms. The lowest BCUT2D eigenvalue weighted by Crippen LogP contribution is -2.17. The van der Waals surface area contributed by atoms with Crippen molar-refractivity contribution < 1.29 is 74.6 Å². The van der Waals surface area contributed by atoms with Gasteiger partial charge in [0.25, 0.3) is 5.95 Å². The molecule has 0 saturated heterocycles. The number of hydrogen-bond donors (Lipinski definition) is 0. The van der Waals surface area contributed by atoms with Gasteiger partial charge in [-0.1, -0.05) is 0 Å². The van der Waals surface area contributed by atoms with E-state index < -0.39 is 143 Å². The Morgan fingerprint density at radius 1 is 0.412 bits per heavy atom. The zero-order valence-electron chi connectivity index (χ0n) is 23.2. The van der Waals surface area contributed by atoms with E-state index in [0.29, 0.717) is 0 Å². The number of rotatable bonds is 3. The van der Waals surface area contributed by atoms with Crippen LogP contribution in [0.3, 0.4) is 0 Å². The van der Waals surface area contributed by atoms with Crippen LogP contribution in [0.15, 0.2) is 16.7 Å². The molecule has 0 amide bonds. The van der Waals surface area contributed by atoms with Crippen molar-refractivity contribution in [3.05, 3.63) is 114 Å². The van der Waals surface area contributed by atoms with Gasteiger partial charge in [0, 0.05) is 16.7 Å². The first-order chi connectivity index (χ1) is 23.5. The molecule has 0 N–H and O–H groups in total. The molecule has 0 unspecified atom stereocenters. The van der Waals surface area contributed by atoms with Gasteiger partial charge in [-0.3, -0.25) is 0 Å². The topological polar surface area (TPSA) is 108 Å². The van der Waals surface area contributed by atoms with Gasteiger partial charge in [0.2, 0.25) is 0 Å². The number of benzene rings is 2. The van der Waals surface area contributed by atoms with Crippen molar-refractivity contribution in [2.75, 3.05) is 0 Å². The average molecular weight is 741 g/mol. The monoisotopic (exact) mass is 741 g/mol. The van der Waals surface area contributed by atoms with Crippen LogP contribution in [0.2, 0.25) is 0 Å². The van der Waals surface area contributed by atoms with Gasteiger partial charge in [0.05, 0.1) is 33.4 Å². The molecule has 260 valence electrons. The first-order valence-corrected chi connectivity index (χ1v) is 12.3. The fourth-order valence-electron chi connectivity index (χ4n) is 4.66. The molecule has 1 saturated carbocycles. The van der Waals surface area contributed by atoms with E-state index >= 15 is 22.0 Å². The van der Waals surface area contributed by atoms with Gasteiger partial charge in [-0.15, -0.1) is 0 Å². The van der Waals surface area contributed by atoms with Gasteiger partial charge in [0.1, 0.15) is 35.4 Å². The lowest BCUT2D eigenvalue weighted by molar-refractivity contribution is -0.144. The highest BCUT2D eigenvalue weighted by molar-refractivity contribution is 6.12. The third-order valence-electron chi connectivity index (χ3n) is 6.76. The molecule has 1 heterocycles. The van der Waals surface area contributed by atoms with Crippen molar-refractivity contribution in [2.45, 2.75) is 12.4 Å². The Kier molecular flexibility index (Phi) is 9.15. The van der Waals surface area contributed by atoms with E-state index in [1.54, 1.807) is 0 Å². The first-order valence-electron chi connectivity index (χ1n) is 12.3. The summed E-state index contributed by atoms with van der Waals surface area (Å²) in [6.07, 6.45) is -12.4. The summed E-state index contributed by atoms with van der Waals surface area (Å²) in [5.74, 6) is -32.6. The standard InChI is InChI=1S/C29F17N5/c30-17-8(4-50)51-27(40)22(35)12(17)5(1-47)9-10(6(2-48)13-18(31)23(36)15(28(41,42)43)24(37)19(13)32)11(9)7(3-49)14-20(33)25(38)16(29(44,45)46)26(39)21(14)34. The Hall–Kier alpha value is -6.42. The molecular weight excluding hydrogens is 741 g/mol. The second-order valence-electron chi connectivity index (χ2n) is 9.46. The maximum atomic E-state index is 15.1. The summed E-state index contributed by atoms with van der Waals surface area (Å²) in [5.41, 5.74) is -26.3. The number of nitrogens with zero attached hydrogens (tertiary/aromatic N) is 5. The predicted octanol–water partition coefficient (Wildman–Crippen LogP) is 8.77. The lowest BCUT2D eigenvalue weighted by Gasteiger charge is -2.14. The zero-order chi connectivity index (χ0) is 38.8. The van der Waals surface area contributed by atoms with Crippen LogP contribution in [0.4, 0.5) is 74.6 Å². The van der Waals surface area contributed by atoms with Crippen LogP contribution >= 0.6 is 0 Å². The highest BCUT2D eigenvalue weighted by atomic mass is 19.4. The number of allylic oxidation sites excluding steroid dienone is 6. The van der Waals surface area contributed by atoms with E-state index in [-0.39, 0.29) is 0 Å². The van der Waals surface area contributed by atoms with Crippen LogP contribution < -0.4 is 0 Å². The van der Waals surface area contributed by atoms with Crippen LogP contribution in [0.5, 0.6) is 0 Å². The maximum absolute atomic E-state index is 15.1. The number of halogens is 17. The molecule has 1 aliphatic rings. The van der Waals surface area contributed by atoms with Gasteiger partial charge >= 0.3 is 12.4 Å². The fourth-order valence-corrected chi connectivity index (χ4v) is 4.66. The zero-order valence-corrected chi connectivity index (χ0v) is 23.2. The van der Waals surface area contributed by atoms with Crippen LogP contribution in [-0.2, 0) is 12.4 Å². The number of aromatic nitrogens is 1. The molecule has 1 aromatic heterocycles. The lowest BCUT2D eigenvalue weighted by atomic mass is 9.98. The number of alkyl halides is 6. The molecule has 51 heavy (non-hydrogen) atoms. The molecule has 1 aliphatic carbocycles. The Labute approximate surface area is 268 Å². The summed E-state index contributed by atoms with van der Waals surface area (Å²) in [4.78, 5) is 2.54. The summed E-state index contributed by atoms with van der Waals surface area (Å²) < 4.78 is 241. The van der Waals surface area contributed by atoms with Crippen molar-refractivity contribution in [3.63, 3.8) is 0 Å². The van der Waals surface area contributed by atoms with Crippen LogP contribution in [0, 0.1) is 109 Å². The second kappa shape index (κ2) is 12.5. The van der Waals surface area contributed by atoms with Crippen molar-refractivity contribution in [1.82, 2.24) is 4.98 Å². The molecule has 0 spiro atoms. The van der Waals surface area contributed by atoms with Gasteiger partial charge in [-0.25, -0.2) is 48.9 Å². The van der Waals surface area contributed by atoms with Crippen LogP contribution in [0.25, 0.3) is 16.7 Å². The molecule has 22 heteroatoms. The van der Waals surface area contributed by atoms with Crippen molar-refractivity contribution in [3.8, 4) is 24.3 Å². The Morgan fingerprint density at radius 3 is 0.922 bits per heavy atom. The third-order valence-corrected chi connectivity index (χ3v) is 6.76. The van der Waals surface area contributed by atoms with Crippen molar-refractivity contribution >= 4 is 16.7 Å². The summed E-state index contributed by atoms with van der Waals surface area (Å²) >= 11 is 0. The highest BCUT2D eigenvalue weighted by Gasteiger charge is 2.49. The Balaban J connectivity index is 2.37. The van der Waals surface area contributed by atoms with E-state index in [2.05, 4.69) is 4.98 Å². The highest BCUT2D eigenvalue weighted by Crippen LogP contribution is 2.57. The normalized spacial score (nSPS) is 14.7. The smallest absolute Gasteiger partial charge is 0.203 e. The molecule has 5 nitrogen and oxygen atoms in total. The molecule has 0 atom stereocenters. The number of nitriles is 4. The molecule has 2 aromatic carbocycles. The van der Waals surface area contributed by atoms with Gasteiger partial charge in [-0.05, 0) is 0 Å². The van der Waals surface area contributed by atoms with E-state index in [1.807, 2.05) is 0 Å². The van der Waals surface area contributed by atoms with Crippen molar-refractivity contribution in [2.24, 2.45) is 0 Å². The van der Waals surface area contributed by atoms with E-state index in [0.717, 1.165) is 24.3 Å². The SMILES string of the molecule is N#CC(=C1C(=C(C#N)c2c(F)c(F)c(C(F)(F)F)c(F)c2F)C1=C(C#N)c1c(F)c(F)c(C(F)(F)F)c(F)c1F)c1c(F)c(F)nc(C#N)c1F. The second-order valence-corrected chi connectivity index (χ2v) is 9.46. The summed E-state index contributed by atoms with van der Waals surface area (Å²) in [6, 6.07) is 3.19. The van der Waals surface area contributed by atoms with E-state index in [9.17, 15) is 68.5 Å². The molecule has 1 fully saturated rings. The average Bonchev–Trinajstić information content (AvgIpc) is 3.75. The van der Waals surface area contributed by atoms with E-state index in [1.165, 1.54) is 0 Å². The third kappa shape index (κ3) is 5.64. The molecule has 0 aliphatic heterocycles. The van der Waals surface area contributed by atoms with Gasteiger partial charge in [0.15, 0.2) is 63.9 Å². The number of pyridine rings is 1. The molecular formula is C29F17N5. The minimum absolute atomic E-state index is 0.727. The van der Waals surface area contributed by atoms with Crippen LogP contribution in [-0.4, -0.2) is 4.98 Å². The van der Waals surface area contributed by atoms with Crippen molar-refractivity contribution in [1.29, 1.82) is 21.0 Å².